The third-order valence-electron chi connectivity index (χ3n) is 5.42. The predicted molar refractivity (Wildman–Crippen MR) is 131 cm³/mol. The van der Waals surface area contributed by atoms with E-state index >= 15 is 0 Å². The lowest BCUT2D eigenvalue weighted by atomic mass is 10.1. The zero-order chi connectivity index (χ0) is 23.3. The number of nitro benzene ring substituents is 1. The summed E-state index contributed by atoms with van der Waals surface area (Å²) < 4.78 is 2.16. The van der Waals surface area contributed by atoms with Crippen LogP contribution >= 0.6 is 11.3 Å². The van der Waals surface area contributed by atoms with Crippen molar-refractivity contribution in [3.8, 4) is 17.1 Å². The van der Waals surface area contributed by atoms with Crippen molar-refractivity contribution in [3.63, 3.8) is 0 Å². The number of benzene rings is 3. The van der Waals surface area contributed by atoms with Gasteiger partial charge in [0.1, 0.15) is 16.0 Å². The second-order valence-corrected chi connectivity index (χ2v) is 8.86. The van der Waals surface area contributed by atoms with Crippen LogP contribution in [0.15, 0.2) is 76.3 Å². The Kier molecular flexibility index (Phi) is 4.87. The maximum atomic E-state index is 13.8. The van der Waals surface area contributed by atoms with Gasteiger partial charge in [-0.05, 0) is 61.4 Å². The molecule has 0 bridgehead atoms. The second kappa shape index (κ2) is 7.75. The molecule has 8 heteroatoms. The molecule has 5 rings (SSSR count). The lowest BCUT2D eigenvalue weighted by Gasteiger charge is -2.15. The molecule has 0 spiro atoms. The number of aromatic nitrogens is 2. The van der Waals surface area contributed by atoms with Gasteiger partial charge in [0.05, 0.1) is 10.6 Å². The number of rotatable bonds is 3. The Labute approximate surface area is 191 Å². The van der Waals surface area contributed by atoms with E-state index in [0.29, 0.717) is 27.3 Å². The van der Waals surface area contributed by atoms with Gasteiger partial charge in [-0.2, -0.15) is 0 Å². The molecule has 2 heterocycles. The molecule has 0 aliphatic rings. The van der Waals surface area contributed by atoms with Gasteiger partial charge in [0.2, 0.25) is 5.43 Å². The van der Waals surface area contributed by atoms with Crippen LogP contribution in [0.5, 0.6) is 0 Å². The summed E-state index contributed by atoms with van der Waals surface area (Å²) in [6.07, 6.45) is 0. The predicted octanol–water partition coefficient (Wildman–Crippen LogP) is 5.15. The molecule has 0 unspecified atom stereocenters. The highest BCUT2D eigenvalue weighted by molar-refractivity contribution is 7.24. The molecule has 0 N–H and O–H groups in total. The minimum atomic E-state index is -0.480. The van der Waals surface area contributed by atoms with Crippen LogP contribution in [0.2, 0.25) is 0 Å². The number of nitro groups is 1. The summed E-state index contributed by atoms with van der Waals surface area (Å²) in [6.45, 7) is 3.85. The lowest BCUT2D eigenvalue weighted by molar-refractivity contribution is -0.384. The summed E-state index contributed by atoms with van der Waals surface area (Å²) >= 11 is 1.27. The van der Waals surface area contributed by atoms with Crippen LogP contribution in [0.1, 0.15) is 11.1 Å². The highest BCUT2D eigenvalue weighted by Crippen LogP contribution is 2.28. The van der Waals surface area contributed by atoms with Crippen molar-refractivity contribution in [3.05, 3.63) is 109 Å². The van der Waals surface area contributed by atoms with Crippen LogP contribution in [0.4, 0.5) is 5.69 Å². The maximum Gasteiger partial charge on any atom is 0.271 e. The number of aryl methyl sites for hydroxylation is 2. The second-order valence-electron chi connectivity index (χ2n) is 7.83. The molecule has 7 nitrogen and oxygen atoms in total. The molecule has 0 saturated heterocycles. The molecule has 33 heavy (non-hydrogen) atoms. The Bertz CT molecular complexity index is 1680. The smallest absolute Gasteiger partial charge is 0.271 e. The summed E-state index contributed by atoms with van der Waals surface area (Å²) in [6, 6.07) is 18.7. The Hall–Kier alpha value is -4.17. The van der Waals surface area contributed by atoms with Crippen LogP contribution in [0.3, 0.4) is 0 Å². The first-order valence-electron chi connectivity index (χ1n) is 10.2. The van der Waals surface area contributed by atoms with Crippen molar-refractivity contribution in [1.82, 2.24) is 9.55 Å². The van der Waals surface area contributed by atoms with Crippen molar-refractivity contribution in [2.45, 2.75) is 13.8 Å². The molecule has 3 aromatic carbocycles. The van der Waals surface area contributed by atoms with Crippen LogP contribution in [0, 0.1) is 24.0 Å². The maximum absolute atomic E-state index is 13.8. The van der Waals surface area contributed by atoms with Gasteiger partial charge in [-0.15, -0.1) is 11.3 Å². The Morgan fingerprint density at radius 1 is 0.939 bits per heavy atom. The molecule has 0 amide bonds. The zero-order valence-electron chi connectivity index (χ0n) is 17.7. The minimum absolute atomic E-state index is 0.0310. The van der Waals surface area contributed by atoms with Crippen LogP contribution in [-0.2, 0) is 0 Å². The average molecular weight is 455 g/mol. The number of non-ortho nitro benzene ring substituents is 1. The van der Waals surface area contributed by atoms with Gasteiger partial charge in [-0.25, -0.2) is 4.98 Å². The van der Waals surface area contributed by atoms with E-state index in [9.17, 15) is 19.7 Å². The van der Waals surface area contributed by atoms with Crippen molar-refractivity contribution in [2.24, 2.45) is 0 Å². The normalized spacial score (nSPS) is 11.2. The van der Waals surface area contributed by atoms with Gasteiger partial charge in [0.15, 0.2) is 0 Å². The minimum Gasteiger partial charge on any atom is -0.288 e. The monoisotopic (exact) mass is 455 g/mol. The van der Waals surface area contributed by atoms with Gasteiger partial charge < -0.3 is 0 Å². The van der Waals surface area contributed by atoms with Crippen LogP contribution in [0.25, 0.3) is 37.4 Å². The van der Waals surface area contributed by atoms with Gasteiger partial charge >= 0.3 is 0 Å². The van der Waals surface area contributed by atoms with E-state index in [-0.39, 0.29) is 16.5 Å². The van der Waals surface area contributed by atoms with E-state index in [1.165, 1.54) is 28.0 Å². The van der Waals surface area contributed by atoms with E-state index in [1.54, 1.807) is 24.3 Å². The Morgan fingerprint density at radius 2 is 1.61 bits per heavy atom. The summed E-state index contributed by atoms with van der Waals surface area (Å²) in [5.41, 5.74) is 2.14. The fourth-order valence-corrected chi connectivity index (χ4v) is 5.04. The van der Waals surface area contributed by atoms with Crippen molar-refractivity contribution in [1.29, 1.82) is 0 Å². The Balaban J connectivity index is 1.93. The van der Waals surface area contributed by atoms with Gasteiger partial charge in [-0.1, -0.05) is 18.2 Å². The molecule has 5 aromatic rings. The number of hydrogen-bond acceptors (Lipinski definition) is 6. The van der Waals surface area contributed by atoms with Gasteiger partial charge in [-0.3, -0.25) is 24.3 Å². The highest BCUT2D eigenvalue weighted by atomic mass is 32.1. The van der Waals surface area contributed by atoms with E-state index < -0.39 is 10.5 Å². The zero-order valence-corrected chi connectivity index (χ0v) is 18.6. The van der Waals surface area contributed by atoms with E-state index in [2.05, 4.69) is 0 Å². The Morgan fingerprint density at radius 3 is 2.27 bits per heavy atom. The SMILES string of the molecule is Cc1cc(C)cc(-n2c(-c3ccc([N+](=O)[O-])cc3)nc3sc4ccccc4c(=O)c3c2=O)c1. The number of hydrogen-bond donors (Lipinski definition) is 0. The quantitative estimate of drug-likeness (QED) is 0.213. The van der Waals surface area contributed by atoms with Crippen LogP contribution in [-0.4, -0.2) is 14.5 Å². The number of nitrogens with zero attached hydrogens (tertiary/aromatic N) is 3. The first-order valence-corrected chi connectivity index (χ1v) is 11.0. The fourth-order valence-electron chi connectivity index (χ4n) is 4.00. The third kappa shape index (κ3) is 3.50. The third-order valence-corrected chi connectivity index (χ3v) is 6.48. The molecular weight excluding hydrogens is 438 g/mol. The van der Waals surface area contributed by atoms with Gasteiger partial charge in [0.25, 0.3) is 11.2 Å². The molecule has 0 atom stereocenters. The molecule has 0 radical (unpaired) electrons. The van der Waals surface area contributed by atoms with E-state index in [4.69, 9.17) is 4.98 Å². The van der Waals surface area contributed by atoms with Gasteiger partial charge in [0, 0.05) is 27.8 Å². The van der Waals surface area contributed by atoms with Crippen molar-refractivity contribution >= 4 is 37.3 Å². The average Bonchev–Trinajstić information content (AvgIpc) is 2.78. The summed E-state index contributed by atoms with van der Waals surface area (Å²) in [5, 5.41) is 11.6. The van der Waals surface area contributed by atoms with Crippen molar-refractivity contribution < 1.29 is 4.92 Å². The molecule has 0 fully saturated rings. The first kappa shape index (κ1) is 20.7. The fraction of sp³-hybridized carbons (Fsp3) is 0.0800. The molecular formula is C25H17N3O4S. The van der Waals surface area contributed by atoms with Crippen LogP contribution < -0.4 is 11.0 Å². The first-order chi connectivity index (χ1) is 15.8. The number of fused-ring (bicyclic) bond motifs is 2. The standard InChI is InChI=1S/C25H17N3O4S/c1-14-11-15(2)13-18(12-14)27-23(16-7-9-17(10-8-16)28(31)32)26-24-21(25(27)30)22(29)19-5-3-4-6-20(19)33-24/h3-13H,1-2H3. The van der Waals surface area contributed by atoms with E-state index in [0.717, 1.165) is 15.8 Å². The van der Waals surface area contributed by atoms with Crippen molar-refractivity contribution in [2.75, 3.05) is 0 Å². The molecule has 2 aromatic heterocycles. The molecule has 162 valence electrons. The molecule has 0 aliphatic heterocycles. The largest absolute Gasteiger partial charge is 0.288 e. The lowest BCUT2D eigenvalue weighted by Crippen LogP contribution is -2.26. The molecule has 0 aliphatic carbocycles. The summed E-state index contributed by atoms with van der Waals surface area (Å²) in [7, 11) is 0. The topological polar surface area (TPSA) is 95.1 Å². The molecule has 0 saturated carbocycles. The summed E-state index contributed by atoms with van der Waals surface area (Å²) in [5.74, 6) is 0.318. The highest BCUT2D eigenvalue weighted by Gasteiger charge is 2.19. The summed E-state index contributed by atoms with van der Waals surface area (Å²) in [4.78, 5) is 42.8. The van der Waals surface area contributed by atoms with E-state index in [1.807, 2.05) is 44.2 Å².